The summed E-state index contributed by atoms with van der Waals surface area (Å²) < 4.78 is 21.9. The Hall–Kier alpha value is -2.74. The van der Waals surface area contributed by atoms with Crippen LogP contribution in [0, 0.1) is 0 Å². The van der Waals surface area contributed by atoms with Crippen molar-refractivity contribution in [1.82, 2.24) is 10.2 Å². The lowest BCUT2D eigenvalue weighted by atomic mass is 10.0. The fraction of sp³-hybridized carbons (Fsp3) is 0.375. The highest BCUT2D eigenvalue weighted by Crippen LogP contribution is 2.38. The number of rotatable bonds is 7. The summed E-state index contributed by atoms with van der Waals surface area (Å²) in [5.41, 5.74) is 1.89. The monoisotopic (exact) mass is 458 g/mol. The second-order valence-electron chi connectivity index (χ2n) is 7.54. The Morgan fingerprint density at radius 3 is 2.66 bits per heavy atom. The average molecular weight is 459 g/mol. The van der Waals surface area contributed by atoms with Gasteiger partial charge in [-0.15, -0.1) is 0 Å². The van der Waals surface area contributed by atoms with Crippen LogP contribution in [0.15, 0.2) is 42.5 Å². The highest BCUT2D eigenvalue weighted by Gasteiger charge is 2.23. The molecule has 2 aromatic rings. The zero-order chi connectivity index (χ0) is 22.3. The van der Waals surface area contributed by atoms with Crippen LogP contribution in [0.5, 0.6) is 17.2 Å². The molecule has 1 amide bonds. The number of methoxy groups -OCH3 is 1. The summed E-state index contributed by atoms with van der Waals surface area (Å²) in [5.74, 6) is 1.77. The number of nitrogens with zero attached hydrogens (tertiary/aromatic N) is 1. The van der Waals surface area contributed by atoms with E-state index in [1.807, 2.05) is 30.3 Å². The third-order valence-corrected chi connectivity index (χ3v) is 5.78. The predicted octanol–water partition coefficient (Wildman–Crippen LogP) is 3.32. The first kappa shape index (κ1) is 22.5. The van der Waals surface area contributed by atoms with Gasteiger partial charge in [-0.05, 0) is 41.5 Å². The third kappa shape index (κ3) is 5.54. The summed E-state index contributed by atoms with van der Waals surface area (Å²) in [5, 5.41) is 3.49. The lowest BCUT2D eigenvalue weighted by Crippen LogP contribution is -2.43. The number of hydrogen-bond donors (Lipinski definition) is 1. The number of benzene rings is 2. The Kier molecular flexibility index (Phi) is 7.52. The molecule has 7 nitrogen and oxygen atoms in total. The lowest BCUT2D eigenvalue weighted by molar-refractivity contribution is -0.116. The van der Waals surface area contributed by atoms with Gasteiger partial charge in [0, 0.05) is 25.7 Å². The van der Waals surface area contributed by atoms with Crippen LogP contribution in [-0.4, -0.2) is 64.0 Å². The number of hydrogen-bond acceptors (Lipinski definition) is 6. The van der Waals surface area contributed by atoms with E-state index in [1.54, 1.807) is 19.3 Å². The molecule has 1 saturated heterocycles. The fourth-order valence-corrected chi connectivity index (χ4v) is 4.10. The Balaban J connectivity index is 1.42. The molecule has 0 aliphatic carbocycles. The molecule has 0 bridgehead atoms. The lowest BCUT2D eigenvalue weighted by Gasteiger charge is -2.34. The molecule has 8 heteroatoms. The normalized spacial score (nSPS) is 17.2. The van der Waals surface area contributed by atoms with E-state index < -0.39 is 0 Å². The van der Waals surface area contributed by atoms with Crippen LogP contribution in [0.4, 0.5) is 0 Å². The second-order valence-corrected chi connectivity index (χ2v) is 7.95. The molecule has 0 spiro atoms. The van der Waals surface area contributed by atoms with Crippen LogP contribution in [0.1, 0.15) is 17.2 Å². The fourth-order valence-electron chi connectivity index (χ4n) is 3.83. The van der Waals surface area contributed by atoms with E-state index in [2.05, 4.69) is 10.2 Å². The zero-order valence-electron chi connectivity index (χ0n) is 18.0. The molecule has 2 aliphatic heterocycles. The Morgan fingerprint density at radius 1 is 1.16 bits per heavy atom. The van der Waals surface area contributed by atoms with E-state index in [4.69, 9.17) is 30.5 Å². The highest BCUT2D eigenvalue weighted by atomic mass is 35.5. The standard InChI is InChI=1S/C24H27ClN2O5/c1-29-19-5-3-18(4-6-19)21(27-8-10-30-11-9-27)16-26-23(28)7-2-17-14-20(25)24-22(15-17)31-12-13-32-24/h2-7,14-15,21H,8-13,16H2,1H3,(H,26,28)/b7-2+/t21-/m1/s1. The van der Waals surface area contributed by atoms with Crippen molar-refractivity contribution in [3.05, 3.63) is 58.6 Å². The molecule has 0 unspecified atom stereocenters. The van der Waals surface area contributed by atoms with Gasteiger partial charge in [-0.25, -0.2) is 0 Å². The van der Waals surface area contributed by atoms with E-state index in [1.165, 1.54) is 6.08 Å². The number of carbonyl (C=O) groups excluding carboxylic acids is 1. The van der Waals surface area contributed by atoms with E-state index in [9.17, 15) is 4.79 Å². The maximum atomic E-state index is 12.6. The van der Waals surface area contributed by atoms with Gasteiger partial charge in [0.05, 0.1) is 31.4 Å². The quantitative estimate of drug-likeness (QED) is 0.642. The van der Waals surface area contributed by atoms with E-state index >= 15 is 0 Å². The number of halogens is 1. The van der Waals surface area contributed by atoms with Gasteiger partial charge in [-0.3, -0.25) is 9.69 Å². The van der Waals surface area contributed by atoms with Gasteiger partial charge in [0.1, 0.15) is 19.0 Å². The molecule has 1 fully saturated rings. The SMILES string of the molecule is COc1ccc([C@@H](CNC(=O)/C=C/c2cc(Cl)c3c(c2)OCCO3)N2CCOCC2)cc1. The topological polar surface area (TPSA) is 69.3 Å². The largest absolute Gasteiger partial charge is 0.497 e. The van der Waals surface area contributed by atoms with Gasteiger partial charge in [-0.1, -0.05) is 23.7 Å². The summed E-state index contributed by atoms with van der Waals surface area (Å²) in [7, 11) is 1.65. The number of fused-ring (bicyclic) bond motifs is 1. The van der Waals surface area contributed by atoms with E-state index in [-0.39, 0.29) is 11.9 Å². The number of ether oxygens (including phenoxy) is 4. The second kappa shape index (κ2) is 10.7. The molecule has 1 N–H and O–H groups in total. The van der Waals surface area contributed by atoms with Crippen molar-refractivity contribution in [3.63, 3.8) is 0 Å². The van der Waals surface area contributed by atoms with Crippen molar-refractivity contribution in [1.29, 1.82) is 0 Å². The molecule has 2 aliphatic rings. The molecule has 0 radical (unpaired) electrons. The molecule has 0 aromatic heterocycles. The molecule has 170 valence electrons. The minimum absolute atomic E-state index is 0.0471. The smallest absolute Gasteiger partial charge is 0.244 e. The molecular weight excluding hydrogens is 432 g/mol. The van der Waals surface area contributed by atoms with Gasteiger partial charge >= 0.3 is 0 Å². The van der Waals surface area contributed by atoms with Gasteiger partial charge in [-0.2, -0.15) is 0 Å². The van der Waals surface area contributed by atoms with Crippen LogP contribution in [0.3, 0.4) is 0 Å². The van der Waals surface area contributed by atoms with Gasteiger partial charge in [0.15, 0.2) is 11.5 Å². The van der Waals surface area contributed by atoms with Gasteiger partial charge in [0.25, 0.3) is 0 Å². The maximum absolute atomic E-state index is 12.6. The number of carbonyl (C=O) groups is 1. The van der Waals surface area contributed by atoms with Crippen molar-refractivity contribution in [2.45, 2.75) is 6.04 Å². The van der Waals surface area contributed by atoms with Crippen LogP contribution in [0.25, 0.3) is 6.08 Å². The Morgan fingerprint density at radius 2 is 1.91 bits per heavy atom. The number of morpholine rings is 1. The summed E-state index contributed by atoms with van der Waals surface area (Å²) in [4.78, 5) is 14.9. The number of nitrogens with one attached hydrogen (secondary N) is 1. The van der Waals surface area contributed by atoms with Crippen molar-refractivity contribution in [2.24, 2.45) is 0 Å². The van der Waals surface area contributed by atoms with Crippen molar-refractivity contribution < 1.29 is 23.7 Å². The van der Waals surface area contributed by atoms with Crippen LogP contribution in [0.2, 0.25) is 5.02 Å². The minimum atomic E-state index is -0.178. The molecule has 32 heavy (non-hydrogen) atoms. The maximum Gasteiger partial charge on any atom is 0.244 e. The molecule has 4 rings (SSSR count). The first-order valence-electron chi connectivity index (χ1n) is 10.6. The average Bonchev–Trinajstić information content (AvgIpc) is 2.84. The Bertz CT molecular complexity index is 958. The number of amides is 1. The molecular formula is C24H27ClN2O5. The highest BCUT2D eigenvalue weighted by molar-refractivity contribution is 6.32. The Labute approximate surface area is 192 Å². The van der Waals surface area contributed by atoms with Crippen molar-refractivity contribution in [2.75, 3.05) is 53.2 Å². The predicted molar refractivity (Wildman–Crippen MR) is 123 cm³/mol. The van der Waals surface area contributed by atoms with Gasteiger partial charge < -0.3 is 24.3 Å². The first-order chi connectivity index (χ1) is 15.6. The minimum Gasteiger partial charge on any atom is -0.497 e. The molecule has 1 atom stereocenters. The third-order valence-electron chi connectivity index (χ3n) is 5.50. The summed E-state index contributed by atoms with van der Waals surface area (Å²) in [6.07, 6.45) is 3.22. The van der Waals surface area contributed by atoms with Crippen LogP contribution in [-0.2, 0) is 9.53 Å². The zero-order valence-corrected chi connectivity index (χ0v) is 18.8. The van der Waals surface area contributed by atoms with Crippen molar-refractivity contribution >= 4 is 23.6 Å². The summed E-state index contributed by atoms with van der Waals surface area (Å²) in [6, 6.07) is 11.6. The van der Waals surface area contributed by atoms with Crippen LogP contribution >= 0.6 is 11.6 Å². The molecule has 2 heterocycles. The van der Waals surface area contributed by atoms with Crippen molar-refractivity contribution in [3.8, 4) is 17.2 Å². The van der Waals surface area contributed by atoms with E-state index in [0.29, 0.717) is 49.5 Å². The van der Waals surface area contributed by atoms with Gasteiger partial charge in [0.2, 0.25) is 5.91 Å². The first-order valence-corrected chi connectivity index (χ1v) is 11.0. The van der Waals surface area contributed by atoms with Crippen LogP contribution < -0.4 is 19.5 Å². The molecule has 2 aromatic carbocycles. The van der Waals surface area contributed by atoms with E-state index in [0.717, 1.165) is 30.0 Å². The molecule has 0 saturated carbocycles. The summed E-state index contributed by atoms with van der Waals surface area (Å²) >= 11 is 6.28. The summed E-state index contributed by atoms with van der Waals surface area (Å²) in [6.45, 7) is 4.44.